The number of aliphatic carboxylic acids is 1. The molecule has 2 N–H and O–H groups in total. The van der Waals surface area contributed by atoms with Crippen LogP contribution >= 0.6 is 0 Å². The zero-order chi connectivity index (χ0) is 15.4. The Kier molecular flexibility index (Phi) is 4.87. The maximum absolute atomic E-state index is 12.0. The Labute approximate surface area is 118 Å². The Balaban J connectivity index is 2.84. The van der Waals surface area contributed by atoms with Crippen LogP contribution in [0.25, 0.3) is 0 Å². The van der Waals surface area contributed by atoms with E-state index < -0.39 is 21.4 Å². The summed E-state index contributed by atoms with van der Waals surface area (Å²) in [6.45, 7) is 2.67. The van der Waals surface area contributed by atoms with Gasteiger partial charge in [0.15, 0.2) is 0 Å². The van der Waals surface area contributed by atoms with Crippen LogP contribution in [0.15, 0.2) is 29.2 Å². The lowest BCUT2D eigenvalue weighted by atomic mass is 9.95. The molecular weight excluding hydrogens is 280 g/mol. The molecule has 0 aromatic heterocycles. The minimum Gasteiger partial charge on any atom is -0.481 e. The smallest absolute Gasteiger partial charge is 0.310 e. The zero-order valence-electron chi connectivity index (χ0n) is 11.3. The van der Waals surface area contributed by atoms with Crippen molar-refractivity contribution in [3.8, 4) is 6.07 Å². The first-order chi connectivity index (χ1) is 9.19. The van der Waals surface area contributed by atoms with Crippen LogP contribution in [0.4, 0.5) is 0 Å². The molecule has 1 rings (SSSR count). The fourth-order valence-corrected chi connectivity index (χ4v) is 2.52. The molecule has 0 aliphatic heterocycles. The molecule has 0 unspecified atom stereocenters. The maximum Gasteiger partial charge on any atom is 0.310 e. The van der Waals surface area contributed by atoms with Crippen LogP contribution < -0.4 is 4.72 Å². The van der Waals surface area contributed by atoms with Gasteiger partial charge in [0.05, 0.1) is 22.8 Å². The minimum absolute atomic E-state index is 0.0420. The molecule has 0 spiro atoms. The SMILES string of the molecule is CC(C)(CNS(=O)(=O)c1ccc(CC#N)cc1)C(=O)O. The van der Waals surface area contributed by atoms with Gasteiger partial charge in [-0.05, 0) is 31.5 Å². The molecule has 0 saturated carbocycles. The van der Waals surface area contributed by atoms with E-state index in [1.807, 2.05) is 6.07 Å². The summed E-state index contributed by atoms with van der Waals surface area (Å²) in [5, 5.41) is 17.5. The van der Waals surface area contributed by atoms with E-state index >= 15 is 0 Å². The number of rotatable bonds is 6. The monoisotopic (exact) mass is 296 g/mol. The topological polar surface area (TPSA) is 107 Å². The van der Waals surface area contributed by atoms with Crippen LogP contribution in [0.2, 0.25) is 0 Å². The number of carboxylic acid groups (broad SMARTS) is 1. The molecule has 0 aliphatic carbocycles. The van der Waals surface area contributed by atoms with Crippen LogP contribution in [0.3, 0.4) is 0 Å². The third-order valence-electron chi connectivity index (χ3n) is 2.80. The molecule has 1 aromatic carbocycles. The molecule has 0 aliphatic rings. The van der Waals surface area contributed by atoms with Gasteiger partial charge in [-0.25, -0.2) is 13.1 Å². The molecular formula is C13H16N2O4S. The van der Waals surface area contributed by atoms with E-state index in [1.54, 1.807) is 12.1 Å². The summed E-state index contributed by atoms with van der Waals surface area (Å²) in [5.41, 5.74) is -0.467. The first-order valence-corrected chi connectivity index (χ1v) is 7.36. The quantitative estimate of drug-likeness (QED) is 0.818. The lowest BCUT2D eigenvalue weighted by Gasteiger charge is -2.19. The van der Waals surface area contributed by atoms with Crippen molar-refractivity contribution in [2.24, 2.45) is 5.41 Å². The number of nitrogens with one attached hydrogen (secondary N) is 1. The fourth-order valence-electron chi connectivity index (χ4n) is 1.31. The second kappa shape index (κ2) is 6.03. The average Bonchev–Trinajstić information content (AvgIpc) is 2.38. The predicted molar refractivity (Wildman–Crippen MR) is 72.4 cm³/mol. The highest BCUT2D eigenvalue weighted by Crippen LogP contribution is 2.16. The molecule has 0 radical (unpaired) electrons. The normalized spacial score (nSPS) is 11.8. The van der Waals surface area contributed by atoms with Crippen LogP contribution in [0.1, 0.15) is 19.4 Å². The first-order valence-electron chi connectivity index (χ1n) is 5.88. The third kappa shape index (κ3) is 4.05. The fraction of sp³-hybridized carbons (Fsp3) is 0.385. The van der Waals surface area contributed by atoms with Crippen molar-refractivity contribution in [2.75, 3.05) is 6.54 Å². The van der Waals surface area contributed by atoms with Crippen molar-refractivity contribution in [2.45, 2.75) is 25.2 Å². The van der Waals surface area contributed by atoms with E-state index in [0.717, 1.165) is 5.56 Å². The number of carboxylic acids is 1. The molecule has 1 aromatic rings. The number of hydrogen-bond acceptors (Lipinski definition) is 4. The standard InChI is InChI=1S/C13H16N2O4S/c1-13(2,12(16)17)9-15-20(18,19)11-5-3-10(4-6-11)7-8-14/h3-6,15H,7,9H2,1-2H3,(H,16,17). The summed E-state index contributed by atoms with van der Waals surface area (Å²) in [6, 6.07) is 7.86. The Morgan fingerprint density at radius 2 is 1.90 bits per heavy atom. The molecule has 0 fully saturated rings. The van der Waals surface area contributed by atoms with Gasteiger partial charge < -0.3 is 5.11 Å². The van der Waals surface area contributed by atoms with Crippen molar-refractivity contribution in [1.29, 1.82) is 5.26 Å². The number of carbonyl (C=O) groups is 1. The molecule has 0 bridgehead atoms. The second-order valence-electron chi connectivity index (χ2n) is 4.99. The lowest BCUT2D eigenvalue weighted by molar-refractivity contribution is -0.146. The Hall–Kier alpha value is -1.91. The van der Waals surface area contributed by atoms with Gasteiger partial charge in [-0.3, -0.25) is 4.79 Å². The van der Waals surface area contributed by atoms with Gasteiger partial charge in [0, 0.05) is 6.54 Å². The summed E-state index contributed by atoms with van der Waals surface area (Å²) in [7, 11) is -3.75. The Bertz CT molecular complexity index is 627. The molecule has 6 nitrogen and oxygen atoms in total. The number of hydrogen-bond donors (Lipinski definition) is 2. The molecule has 0 saturated heterocycles. The molecule has 0 atom stereocenters. The lowest BCUT2D eigenvalue weighted by Crippen LogP contribution is -2.38. The number of benzene rings is 1. The molecule has 20 heavy (non-hydrogen) atoms. The van der Waals surface area contributed by atoms with E-state index in [4.69, 9.17) is 10.4 Å². The summed E-state index contributed by atoms with van der Waals surface area (Å²) in [5.74, 6) is -1.08. The van der Waals surface area contributed by atoms with Crippen molar-refractivity contribution in [1.82, 2.24) is 4.72 Å². The van der Waals surface area contributed by atoms with E-state index in [2.05, 4.69) is 4.72 Å². The summed E-state index contributed by atoms with van der Waals surface area (Å²) in [4.78, 5) is 11.0. The molecule has 7 heteroatoms. The van der Waals surface area contributed by atoms with E-state index in [9.17, 15) is 13.2 Å². The van der Waals surface area contributed by atoms with Crippen LogP contribution in [-0.4, -0.2) is 26.0 Å². The highest BCUT2D eigenvalue weighted by Gasteiger charge is 2.29. The first kappa shape index (κ1) is 16.1. The van der Waals surface area contributed by atoms with Gasteiger partial charge in [-0.15, -0.1) is 0 Å². The summed E-state index contributed by atoms with van der Waals surface area (Å²) < 4.78 is 26.3. The van der Waals surface area contributed by atoms with E-state index in [-0.39, 0.29) is 17.9 Å². The van der Waals surface area contributed by atoms with Crippen molar-refractivity contribution >= 4 is 16.0 Å². The summed E-state index contributed by atoms with van der Waals surface area (Å²) >= 11 is 0. The van der Waals surface area contributed by atoms with Gasteiger partial charge in [0.2, 0.25) is 10.0 Å². The highest BCUT2D eigenvalue weighted by molar-refractivity contribution is 7.89. The van der Waals surface area contributed by atoms with Crippen LogP contribution in [0, 0.1) is 16.7 Å². The number of nitriles is 1. The number of sulfonamides is 1. The Morgan fingerprint density at radius 1 is 1.35 bits per heavy atom. The molecule has 0 heterocycles. The van der Waals surface area contributed by atoms with Crippen molar-refractivity contribution in [3.05, 3.63) is 29.8 Å². The second-order valence-corrected chi connectivity index (χ2v) is 6.76. The van der Waals surface area contributed by atoms with Crippen molar-refractivity contribution < 1.29 is 18.3 Å². The zero-order valence-corrected chi connectivity index (χ0v) is 12.1. The van der Waals surface area contributed by atoms with Crippen molar-refractivity contribution in [3.63, 3.8) is 0 Å². The maximum atomic E-state index is 12.0. The molecule has 0 amide bonds. The van der Waals surface area contributed by atoms with Gasteiger partial charge in [0.1, 0.15) is 0 Å². The van der Waals surface area contributed by atoms with Crippen LogP contribution in [-0.2, 0) is 21.2 Å². The van der Waals surface area contributed by atoms with Gasteiger partial charge in [-0.1, -0.05) is 12.1 Å². The minimum atomic E-state index is -3.75. The molecule has 108 valence electrons. The summed E-state index contributed by atoms with van der Waals surface area (Å²) in [6.07, 6.45) is 0.208. The van der Waals surface area contributed by atoms with Gasteiger partial charge in [0.25, 0.3) is 0 Å². The van der Waals surface area contributed by atoms with Gasteiger partial charge in [-0.2, -0.15) is 5.26 Å². The average molecular weight is 296 g/mol. The van der Waals surface area contributed by atoms with Crippen LogP contribution in [0.5, 0.6) is 0 Å². The highest BCUT2D eigenvalue weighted by atomic mass is 32.2. The van der Waals surface area contributed by atoms with E-state index in [0.29, 0.717) is 0 Å². The Morgan fingerprint density at radius 3 is 2.35 bits per heavy atom. The predicted octanol–water partition coefficient (Wildman–Crippen LogP) is 1.14. The third-order valence-corrected chi connectivity index (χ3v) is 4.22. The van der Waals surface area contributed by atoms with Gasteiger partial charge >= 0.3 is 5.97 Å². The largest absolute Gasteiger partial charge is 0.481 e. The number of nitrogens with zero attached hydrogens (tertiary/aromatic N) is 1. The van der Waals surface area contributed by atoms with E-state index in [1.165, 1.54) is 26.0 Å².